The van der Waals surface area contributed by atoms with Crippen LogP contribution in [0.5, 0.6) is 5.75 Å². The second kappa shape index (κ2) is 10.9. The van der Waals surface area contributed by atoms with Gasteiger partial charge in [0.15, 0.2) is 10.7 Å². The summed E-state index contributed by atoms with van der Waals surface area (Å²) in [4.78, 5) is 36.7. The van der Waals surface area contributed by atoms with Crippen LogP contribution in [0.2, 0.25) is 0 Å². The van der Waals surface area contributed by atoms with Crippen LogP contribution in [0.3, 0.4) is 0 Å². The number of rotatable bonds is 8. The number of allylic oxidation sites excluding steroid dienone is 1. The van der Waals surface area contributed by atoms with E-state index in [-0.39, 0.29) is 11.1 Å². The third-order valence-electron chi connectivity index (χ3n) is 7.59. The fraction of sp³-hybridized carbons (Fsp3) is 0.414. The lowest BCUT2D eigenvalue weighted by atomic mass is 9.77. The van der Waals surface area contributed by atoms with Crippen LogP contribution in [-0.2, 0) is 10.3 Å². The van der Waals surface area contributed by atoms with Crippen molar-refractivity contribution < 1.29 is 19.1 Å². The number of furan rings is 1. The second-order valence-corrected chi connectivity index (χ2v) is 10.9. The van der Waals surface area contributed by atoms with Crippen LogP contribution < -0.4 is 24.5 Å². The summed E-state index contributed by atoms with van der Waals surface area (Å²) < 4.78 is 13.8. The van der Waals surface area contributed by atoms with E-state index in [2.05, 4.69) is 16.8 Å². The number of nitrogens with zero attached hydrogens (tertiary/aromatic N) is 4. The molecule has 1 fully saturated rings. The molecular weight excluding hydrogens is 516 g/mol. The van der Waals surface area contributed by atoms with E-state index in [0.29, 0.717) is 44.9 Å². The predicted molar refractivity (Wildman–Crippen MR) is 151 cm³/mol. The quantitative estimate of drug-likeness (QED) is 0.460. The van der Waals surface area contributed by atoms with Crippen molar-refractivity contribution in [1.29, 1.82) is 0 Å². The molecule has 4 heterocycles. The Bertz CT molecular complexity index is 1590. The molecule has 0 amide bonds. The molecule has 0 saturated carbocycles. The minimum absolute atomic E-state index is 0.116. The molecule has 2 aromatic heterocycles. The number of likely N-dealkylation sites (N-methyl/N-ethyl adjacent to an activating group) is 1. The van der Waals surface area contributed by atoms with Crippen LogP contribution in [0.25, 0.3) is 6.08 Å². The normalized spacial score (nSPS) is 20.2. The Morgan fingerprint density at radius 3 is 2.59 bits per heavy atom. The molecule has 0 aliphatic carbocycles. The van der Waals surface area contributed by atoms with Gasteiger partial charge in [-0.1, -0.05) is 49.8 Å². The number of para-hydroxylation sites is 1. The van der Waals surface area contributed by atoms with E-state index in [9.17, 15) is 14.7 Å². The molecule has 1 saturated heterocycles. The van der Waals surface area contributed by atoms with Crippen molar-refractivity contribution in [3.05, 3.63) is 78.7 Å². The number of hydrogen-bond acceptors (Lipinski definition) is 8. The van der Waals surface area contributed by atoms with Crippen LogP contribution in [0.1, 0.15) is 44.4 Å². The highest BCUT2D eigenvalue weighted by Gasteiger charge is 2.47. The molecule has 9 nitrogen and oxygen atoms in total. The van der Waals surface area contributed by atoms with E-state index in [1.165, 1.54) is 11.3 Å². The molecule has 206 valence electrons. The molecule has 1 unspecified atom stereocenters. The summed E-state index contributed by atoms with van der Waals surface area (Å²) in [5, 5.41) is 10.5. The largest absolute Gasteiger partial charge is 0.496 e. The number of hydrogen-bond donors (Lipinski definition) is 1. The number of anilines is 1. The summed E-state index contributed by atoms with van der Waals surface area (Å²) in [5.74, 6) is 0.776. The average Bonchev–Trinajstić information content (AvgIpc) is 3.52. The number of carboxylic acids is 1. The van der Waals surface area contributed by atoms with E-state index >= 15 is 0 Å². The smallest absolute Gasteiger partial charge is 0.336 e. The lowest BCUT2D eigenvalue weighted by Crippen LogP contribution is -2.52. The number of benzene rings is 1. The third kappa shape index (κ3) is 4.61. The van der Waals surface area contributed by atoms with Gasteiger partial charge in [-0.2, -0.15) is 0 Å². The molecular formula is C29H34N4O5S. The van der Waals surface area contributed by atoms with Crippen LogP contribution in [0.4, 0.5) is 5.88 Å². The Morgan fingerprint density at radius 1 is 1.18 bits per heavy atom. The number of aromatic nitrogens is 1. The van der Waals surface area contributed by atoms with Gasteiger partial charge in [0.25, 0.3) is 5.56 Å². The number of carbonyl (C=O) groups is 1. The van der Waals surface area contributed by atoms with Gasteiger partial charge in [-0.25, -0.2) is 9.79 Å². The number of thiazole rings is 1. The number of fused-ring (bicyclic) bond motifs is 1. The van der Waals surface area contributed by atoms with Crippen LogP contribution >= 0.6 is 11.3 Å². The highest BCUT2D eigenvalue weighted by Crippen LogP contribution is 2.44. The van der Waals surface area contributed by atoms with Crippen molar-refractivity contribution >= 4 is 29.3 Å². The van der Waals surface area contributed by atoms with Crippen molar-refractivity contribution in [3.8, 4) is 5.75 Å². The van der Waals surface area contributed by atoms with Gasteiger partial charge in [0.2, 0.25) is 0 Å². The van der Waals surface area contributed by atoms with Gasteiger partial charge in [0.1, 0.15) is 17.0 Å². The first-order valence-corrected chi connectivity index (χ1v) is 14.1. The maximum absolute atomic E-state index is 14.1. The summed E-state index contributed by atoms with van der Waals surface area (Å²) in [5.41, 5.74) is -0.364. The predicted octanol–water partition coefficient (Wildman–Crippen LogP) is 3.02. The molecule has 2 aliphatic heterocycles. The summed E-state index contributed by atoms with van der Waals surface area (Å²) >= 11 is 1.25. The van der Waals surface area contributed by atoms with Crippen molar-refractivity contribution in [3.63, 3.8) is 0 Å². The fourth-order valence-electron chi connectivity index (χ4n) is 5.64. The SMILES string of the molecule is CCCC1=C(C(=O)O)C(CC)(c2ccccc2OC)n2c(sc(=Cc3ccc(N4CCN(C)CC4)o3)c2=O)=N1. The Kier molecular flexibility index (Phi) is 7.51. The molecule has 1 aromatic carbocycles. The minimum atomic E-state index is -1.28. The van der Waals surface area contributed by atoms with Gasteiger partial charge in [-0.3, -0.25) is 9.36 Å². The summed E-state index contributed by atoms with van der Waals surface area (Å²) in [6.45, 7) is 7.56. The first kappa shape index (κ1) is 27.0. The van der Waals surface area contributed by atoms with Gasteiger partial charge in [-0.05, 0) is 32.0 Å². The summed E-state index contributed by atoms with van der Waals surface area (Å²) in [6.07, 6.45) is 3.26. The molecule has 0 spiro atoms. The Balaban J connectivity index is 1.71. The third-order valence-corrected chi connectivity index (χ3v) is 8.56. The Labute approximate surface area is 231 Å². The standard InChI is InChI=1S/C29H34N4O5S/c1-5-9-21-25(27(35)36)29(6-2,20-10-7-8-11-22(20)37-4)33-26(34)23(39-28(33)30-21)18-19-12-13-24(38-19)32-16-14-31(3)15-17-32/h7-8,10-13,18H,5-6,9,14-17H2,1-4H3,(H,35,36). The zero-order chi connectivity index (χ0) is 27.7. The summed E-state index contributed by atoms with van der Waals surface area (Å²) in [6, 6.07) is 11.1. The highest BCUT2D eigenvalue weighted by molar-refractivity contribution is 7.07. The molecule has 3 aromatic rings. The van der Waals surface area contributed by atoms with Crippen molar-refractivity contribution in [2.45, 2.75) is 38.6 Å². The van der Waals surface area contributed by atoms with Gasteiger partial charge < -0.3 is 24.1 Å². The number of carboxylic acid groups (broad SMARTS) is 1. The first-order valence-electron chi connectivity index (χ1n) is 13.3. The van der Waals surface area contributed by atoms with Crippen LogP contribution in [0, 0.1) is 0 Å². The molecule has 2 aliphatic rings. The molecule has 10 heteroatoms. The number of piperazine rings is 1. The van der Waals surface area contributed by atoms with Crippen molar-refractivity contribution in [2.24, 2.45) is 4.99 Å². The second-order valence-electron chi connectivity index (χ2n) is 9.90. The van der Waals surface area contributed by atoms with Crippen LogP contribution in [-0.4, -0.2) is 60.9 Å². The van der Waals surface area contributed by atoms with Crippen molar-refractivity contribution in [1.82, 2.24) is 9.47 Å². The lowest BCUT2D eigenvalue weighted by Gasteiger charge is -2.38. The number of aliphatic carboxylic acids is 1. The molecule has 5 rings (SSSR count). The summed E-state index contributed by atoms with van der Waals surface area (Å²) in [7, 11) is 3.66. The Hall–Kier alpha value is -3.63. The monoisotopic (exact) mass is 550 g/mol. The average molecular weight is 551 g/mol. The molecule has 1 N–H and O–H groups in total. The maximum atomic E-state index is 14.1. The molecule has 0 radical (unpaired) electrons. The van der Waals surface area contributed by atoms with E-state index in [1.807, 2.05) is 44.2 Å². The number of ether oxygens (including phenoxy) is 1. The van der Waals surface area contributed by atoms with Crippen molar-refractivity contribution in [2.75, 3.05) is 45.2 Å². The lowest BCUT2D eigenvalue weighted by molar-refractivity contribution is -0.133. The maximum Gasteiger partial charge on any atom is 0.336 e. The molecule has 39 heavy (non-hydrogen) atoms. The van der Waals surface area contributed by atoms with E-state index in [4.69, 9.17) is 14.1 Å². The van der Waals surface area contributed by atoms with Crippen LogP contribution in [0.15, 0.2) is 61.9 Å². The van der Waals surface area contributed by atoms with Gasteiger partial charge in [0.05, 0.1) is 22.9 Å². The fourth-order valence-corrected chi connectivity index (χ4v) is 6.67. The zero-order valence-electron chi connectivity index (χ0n) is 22.8. The van der Waals surface area contributed by atoms with Gasteiger partial charge >= 0.3 is 5.97 Å². The van der Waals surface area contributed by atoms with Gasteiger partial charge in [0, 0.05) is 43.9 Å². The van der Waals surface area contributed by atoms with E-state index in [1.54, 1.807) is 23.8 Å². The topological polar surface area (TPSA) is 101 Å². The zero-order valence-corrected chi connectivity index (χ0v) is 23.6. The van der Waals surface area contributed by atoms with E-state index in [0.717, 1.165) is 38.5 Å². The molecule has 0 bridgehead atoms. The highest BCUT2D eigenvalue weighted by atomic mass is 32.1. The van der Waals surface area contributed by atoms with E-state index < -0.39 is 11.5 Å². The molecule has 1 atom stereocenters. The Morgan fingerprint density at radius 2 is 1.92 bits per heavy atom. The van der Waals surface area contributed by atoms with Gasteiger partial charge in [-0.15, -0.1) is 0 Å². The first-order chi connectivity index (χ1) is 18.8. The minimum Gasteiger partial charge on any atom is -0.496 e. The number of methoxy groups -OCH3 is 1.